The number of carbonyl (C=O) groups is 3. The summed E-state index contributed by atoms with van der Waals surface area (Å²) in [5.74, 6) is 0.778. The normalized spacial score (nSPS) is 28.8. The highest BCUT2D eigenvalue weighted by atomic mass is 16.2. The van der Waals surface area contributed by atoms with Crippen molar-refractivity contribution >= 4 is 17.7 Å². The van der Waals surface area contributed by atoms with Crippen LogP contribution in [0.5, 0.6) is 0 Å². The molecular weight excluding hydrogens is 332 g/mol. The predicted octanol–water partition coefficient (Wildman–Crippen LogP) is 0.0578. The van der Waals surface area contributed by atoms with E-state index in [1.165, 1.54) is 0 Å². The molecule has 0 bridgehead atoms. The first kappa shape index (κ1) is 17.8. The Morgan fingerprint density at radius 3 is 2.27 bits per heavy atom. The highest BCUT2D eigenvalue weighted by Gasteiger charge is 2.37. The third kappa shape index (κ3) is 3.87. The molecule has 4 aliphatic rings. The quantitative estimate of drug-likeness (QED) is 0.770. The van der Waals surface area contributed by atoms with Crippen molar-refractivity contribution in [3.05, 3.63) is 0 Å². The van der Waals surface area contributed by atoms with E-state index in [9.17, 15) is 14.4 Å². The van der Waals surface area contributed by atoms with Gasteiger partial charge in [0.1, 0.15) is 0 Å². The van der Waals surface area contributed by atoms with E-state index in [-0.39, 0.29) is 24.3 Å². The van der Waals surface area contributed by atoms with Crippen LogP contribution in [0.3, 0.4) is 0 Å². The predicted molar refractivity (Wildman–Crippen MR) is 96.2 cm³/mol. The molecule has 4 rings (SSSR count). The van der Waals surface area contributed by atoms with E-state index >= 15 is 0 Å². The molecule has 26 heavy (non-hydrogen) atoms. The zero-order valence-electron chi connectivity index (χ0n) is 15.5. The SMILES string of the molecule is O=C1CN(C(=O)C2CCCN(C3CCN(C(=O)C4CC4)CC3)C2)CCN1. The fourth-order valence-electron chi connectivity index (χ4n) is 4.66. The van der Waals surface area contributed by atoms with Crippen molar-refractivity contribution in [2.75, 3.05) is 45.8 Å². The summed E-state index contributed by atoms with van der Waals surface area (Å²) in [7, 11) is 0. The Labute approximate surface area is 155 Å². The fraction of sp³-hybridized carbons (Fsp3) is 0.842. The molecule has 0 radical (unpaired) electrons. The molecule has 7 heteroatoms. The lowest BCUT2D eigenvalue weighted by atomic mass is 9.92. The molecule has 4 fully saturated rings. The van der Waals surface area contributed by atoms with Crippen LogP contribution < -0.4 is 5.32 Å². The number of hydrogen-bond donors (Lipinski definition) is 1. The Kier molecular flexibility index (Phi) is 5.16. The summed E-state index contributed by atoms with van der Waals surface area (Å²) in [6.45, 7) is 4.97. The van der Waals surface area contributed by atoms with Crippen molar-refractivity contribution in [1.82, 2.24) is 20.0 Å². The summed E-state index contributed by atoms with van der Waals surface area (Å²) >= 11 is 0. The molecule has 3 amide bonds. The largest absolute Gasteiger partial charge is 0.353 e. The van der Waals surface area contributed by atoms with Crippen molar-refractivity contribution < 1.29 is 14.4 Å². The summed E-state index contributed by atoms with van der Waals surface area (Å²) < 4.78 is 0. The lowest BCUT2D eigenvalue weighted by molar-refractivity contribution is -0.143. The minimum atomic E-state index is -0.0510. The number of likely N-dealkylation sites (tertiary alicyclic amines) is 2. The van der Waals surface area contributed by atoms with Gasteiger partial charge in [-0.3, -0.25) is 19.3 Å². The minimum absolute atomic E-state index is 0.0146. The van der Waals surface area contributed by atoms with Crippen LogP contribution >= 0.6 is 0 Å². The molecule has 1 atom stereocenters. The van der Waals surface area contributed by atoms with Crippen LogP contribution in [0, 0.1) is 11.8 Å². The zero-order valence-corrected chi connectivity index (χ0v) is 15.5. The van der Waals surface area contributed by atoms with Crippen LogP contribution in [-0.2, 0) is 14.4 Å². The average molecular weight is 362 g/mol. The van der Waals surface area contributed by atoms with Crippen molar-refractivity contribution in [2.45, 2.75) is 44.6 Å². The number of nitrogens with zero attached hydrogens (tertiary/aromatic N) is 3. The highest BCUT2D eigenvalue weighted by molar-refractivity contribution is 5.87. The van der Waals surface area contributed by atoms with Crippen molar-refractivity contribution in [3.63, 3.8) is 0 Å². The van der Waals surface area contributed by atoms with E-state index in [2.05, 4.69) is 10.2 Å². The van der Waals surface area contributed by atoms with Crippen molar-refractivity contribution in [3.8, 4) is 0 Å². The van der Waals surface area contributed by atoms with E-state index in [4.69, 9.17) is 0 Å². The van der Waals surface area contributed by atoms with Gasteiger partial charge in [0, 0.05) is 44.7 Å². The molecule has 3 saturated heterocycles. The smallest absolute Gasteiger partial charge is 0.239 e. The third-order valence-corrected chi connectivity index (χ3v) is 6.37. The summed E-state index contributed by atoms with van der Waals surface area (Å²) in [5.41, 5.74) is 0. The molecule has 7 nitrogen and oxygen atoms in total. The average Bonchev–Trinajstić information content (AvgIpc) is 3.52. The number of amides is 3. The van der Waals surface area contributed by atoms with Crippen LogP contribution in [0.25, 0.3) is 0 Å². The molecule has 3 aliphatic heterocycles. The molecular formula is C19H30N4O3. The van der Waals surface area contributed by atoms with Crippen LogP contribution in [0.4, 0.5) is 0 Å². The Morgan fingerprint density at radius 2 is 1.58 bits per heavy atom. The van der Waals surface area contributed by atoms with Crippen LogP contribution in [0.1, 0.15) is 38.5 Å². The molecule has 1 aliphatic carbocycles. The Hall–Kier alpha value is -1.63. The van der Waals surface area contributed by atoms with Gasteiger partial charge in [-0.1, -0.05) is 0 Å². The minimum Gasteiger partial charge on any atom is -0.353 e. The molecule has 0 aromatic carbocycles. The number of nitrogens with one attached hydrogen (secondary N) is 1. The van der Waals surface area contributed by atoms with Gasteiger partial charge < -0.3 is 15.1 Å². The van der Waals surface area contributed by atoms with E-state index in [1.807, 2.05) is 4.90 Å². The molecule has 144 valence electrons. The van der Waals surface area contributed by atoms with Gasteiger partial charge in [0.25, 0.3) is 0 Å². The van der Waals surface area contributed by atoms with Gasteiger partial charge in [0.15, 0.2) is 0 Å². The number of piperidine rings is 2. The molecule has 3 heterocycles. The third-order valence-electron chi connectivity index (χ3n) is 6.37. The highest BCUT2D eigenvalue weighted by Crippen LogP contribution is 2.32. The van der Waals surface area contributed by atoms with Crippen molar-refractivity contribution in [1.29, 1.82) is 0 Å². The first-order valence-electron chi connectivity index (χ1n) is 10.2. The summed E-state index contributed by atoms with van der Waals surface area (Å²) in [5, 5.41) is 2.78. The number of rotatable bonds is 3. The second-order valence-corrected chi connectivity index (χ2v) is 8.27. The monoisotopic (exact) mass is 362 g/mol. The number of carbonyl (C=O) groups excluding carboxylic acids is 3. The molecule has 0 aromatic heterocycles. The maximum absolute atomic E-state index is 12.8. The van der Waals surface area contributed by atoms with E-state index in [0.717, 1.165) is 64.7 Å². The topological polar surface area (TPSA) is 73.0 Å². The van der Waals surface area contributed by atoms with Crippen LogP contribution in [-0.4, -0.2) is 84.3 Å². The van der Waals surface area contributed by atoms with E-state index < -0.39 is 0 Å². The van der Waals surface area contributed by atoms with Crippen LogP contribution in [0.15, 0.2) is 0 Å². The lowest BCUT2D eigenvalue weighted by Gasteiger charge is -2.43. The fourth-order valence-corrected chi connectivity index (χ4v) is 4.66. The molecule has 1 unspecified atom stereocenters. The zero-order chi connectivity index (χ0) is 18.1. The van der Waals surface area contributed by atoms with Gasteiger partial charge in [0.05, 0.1) is 12.5 Å². The second-order valence-electron chi connectivity index (χ2n) is 8.27. The van der Waals surface area contributed by atoms with Gasteiger partial charge in [-0.2, -0.15) is 0 Å². The Morgan fingerprint density at radius 1 is 0.846 bits per heavy atom. The lowest BCUT2D eigenvalue weighted by Crippen LogP contribution is -2.55. The second kappa shape index (κ2) is 7.55. The van der Waals surface area contributed by atoms with Gasteiger partial charge >= 0.3 is 0 Å². The molecule has 0 aromatic rings. The van der Waals surface area contributed by atoms with Crippen LogP contribution in [0.2, 0.25) is 0 Å². The molecule has 0 spiro atoms. The molecule has 1 saturated carbocycles. The van der Waals surface area contributed by atoms with Gasteiger partial charge in [-0.05, 0) is 45.1 Å². The summed E-state index contributed by atoms with van der Waals surface area (Å²) in [6, 6.07) is 0.485. The summed E-state index contributed by atoms with van der Waals surface area (Å²) in [6.07, 6.45) is 6.15. The Bertz CT molecular complexity index is 569. The maximum Gasteiger partial charge on any atom is 0.239 e. The van der Waals surface area contributed by atoms with Gasteiger partial charge in [-0.25, -0.2) is 0 Å². The standard InChI is InChI=1S/C19H30N4O3/c24-17-13-23(11-7-20-17)19(26)15-2-1-8-22(12-15)16-5-9-21(10-6-16)18(25)14-3-4-14/h14-16H,1-13H2,(H,20,24). The van der Waals surface area contributed by atoms with Gasteiger partial charge in [-0.15, -0.1) is 0 Å². The summed E-state index contributed by atoms with van der Waals surface area (Å²) in [4.78, 5) is 42.8. The number of hydrogen-bond acceptors (Lipinski definition) is 4. The first-order valence-corrected chi connectivity index (χ1v) is 10.2. The van der Waals surface area contributed by atoms with E-state index in [1.54, 1.807) is 4.90 Å². The van der Waals surface area contributed by atoms with E-state index in [0.29, 0.717) is 31.0 Å². The molecule has 1 N–H and O–H groups in total. The van der Waals surface area contributed by atoms with Gasteiger partial charge in [0.2, 0.25) is 17.7 Å². The Balaban J connectivity index is 1.29. The van der Waals surface area contributed by atoms with Crippen molar-refractivity contribution in [2.24, 2.45) is 11.8 Å². The number of piperazine rings is 1. The first-order chi connectivity index (χ1) is 12.6. The maximum atomic E-state index is 12.8.